The first-order chi connectivity index (χ1) is 26.2. The molecule has 2 aliphatic rings. The summed E-state index contributed by atoms with van der Waals surface area (Å²) in [6.45, 7) is 1.51. The van der Waals surface area contributed by atoms with Gasteiger partial charge >= 0.3 is 12.4 Å². The number of piperidine rings is 2. The maximum absolute atomic E-state index is 15.0. The number of hydrogen-bond donors (Lipinski definition) is 1. The van der Waals surface area contributed by atoms with Crippen LogP contribution >= 0.6 is 11.3 Å². The Labute approximate surface area is 323 Å². The zero-order valence-electron chi connectivity index (χ0n) is 30.2. The molecule has 2 fully saturated rings. The normalized spacial score (nSPS) is 20.1. The molecule has 56 heavy (non-hydrogen) atoms. The summed E-state index contributed by atoms with van der Waals surface area (Å²) in [5.74, 6) is -2.83. The second-order valence-electron chi connectivity index (χ2n) is 13.7. The number of likely N-dealkylation sites (tertiary alicyclic amines) is 2. The van der Waals surface area contributed by atoms with Crippen LogP contribution in [0.15, 0.2) is 42.0 Å². The quantitative estimate of drug-likeness (QED) is 0.228. The predicted octanol–water partition coefficient (Wildman–Crippen LogP) is 6.10. The van der Waals surface area contributed by atoms with Gasteiger partial charge in [-0.15, -0.1) is 11.3 Å². The number of hydrogen-bond acceptors (Lipinski definition) is 9. The van der Waals surface area contributed by atoms with Crippen LogP contribution < -0.4 is 9.46 Å². The molecule has 0 bridgehead atoms. The van der Waals surface area contributed by atoms with Gasteiger partial charge in [-0.1, -0.05) is 25.5 Å². The lowest BCUT2D eigenvalue weighted by Gasteiger charge is -2.51. The average Bonchev–Trinajstić information content (AvgIpc) is 3.62. The third kappa shape index (κ3) is 9.05. The van der Waals surface area contributed by atoms with E-state index in [1.807, 2.05) is 4.72 Å². The lowest BCUT2D eigenvalue weighted by atomic mass is 9.71. The third-order valence-electron chi connectivity index (χ3n) is 9.96. The SMILES string of the molecule is CCCC1N(C(=O)c2cnccc2C(F)(F)F)CCCC1(Oc1csc(C(F)(F)F)c1)C(=O)N1CCC(C#N)(c2c#cccc2CCC(=O)NS(C)(=O)=O)CC1. The Morgan fingerprint density at radius 1 is 1.11 bits per heavy atom. The molecule has 300 valence electrons. The number of aromatic nitrogens is 1. The van der Waals surface area contributed by atoms with Crippen LogP contribution in [0.5, 0.6) is 5.75 Å². The van der Waals surface area contributed by atoms with E-state index in [0.717, 1.165) is 35.0 Å². The second-order valence-corrected chi connectivity index (χ2v) is 16.4. The van der Waals surface area contributed by atoms with Gasteiger partial charge in [0.1, 0.15) is 10.6 Å². The molecular formula is C37H37F6N5O6S2. The van der Waals surface area contributed by atoms with Crippen molar-refractivity contribution < 1.29 is 53.9 Å². The van der Waals surface area contributed by atoms with Gasteiger partial charge in [-0.05, 0) is 55.9 Å². The summed E-state index contributed by atoms with van der Waals surface area (Å²) in [7, 11) is -3.80. The molecule has 1 aromatic carbocycles. The molecule has 3 amide bonds. The Bertz CT molecular complexity index is 2090. The number of rotatable bonds is 11. The van der Waals surface area contributed by atoms with Gasteiger partial charge in [0.2, 0.25) is 21.5 Å². The number of carbonyl (C=O) groups is 3. The number of alkyl halides is 6. The largest absolute Gasteiger partial charge is 0.474 e. The molecule has 4 heterocycles. The van der Waals surface area contributed by atoms with Crippen LogP contribution in [0.2, 0.25) is 0 Å². The van der Waals surface area contributed by atoms with Crippen LogP contribution in [0.4, 0.5) is 26.3 Å². The fourth-order valence-corrected chi connectivity index (χ4v) is 8.63. The molecule has 0 aliphatic carbocycles. The molecule has 3 aromatic rings. The third-order valence-corrected chi connectivity index (χ3v) is 11.5. The zero-order valence-corrected chi connectivity index (χ0v) is 31.9. The van der Waals surface area contributed by atoms with Crippen LogP contribution in [0.3, 0.4) is 0 Å². The molecule has 2 aliphatic heterocycles. The van der Waals surface area contributed by atoms with E-state index in [9.17, 15) is 54.4 Å². The number of carbonyl (C=O) groups excluding carboxylic acids is 3. The summed E-state index contributed by atoms with van der Waals surface area (Å²) in [6, 6.07) is 11.4. The van der Waals surface area contributed by atoms with Gasteiger partial charge in [-0.25, -0.2) is 8.42 Å². The molecule has 5 rings (SSSR count). The Morgan fingerprint density at radius 3 is 2.43 bits per heavy atom. The molecule has 2 saturated heterocycles. The predicted molar refractivity (Wildman–Crippen MR) is 189 cm³/mol. The number of nitriles is 1. The van der Waals surface area contributed by atoms with E-state index in [-0.39, 0.29) is 70.3 Å². The summed E-state index contributed by atoms with van der Waals surface area (Å²) in [6.07, 6.45) is -6.91. The maximum Gasteiger partial charge on any atom is 0.425 e. The molecule has 1 N–H and O–H groups in total. The molecule has 19 heteroatoms. The van der Waals surface area contributed by atoms with Gasteiger partial charge in [0, 0.05) is 61.9 Å². The minimum Gasteiger partial charge on any atom is -0.474 e. The fourth-order valence-electron chi connectivity index (χ4n) is 7.44. The van der Waals surface area contributed by atoms with Crippen LogP contribution in [0.25, 0.3) is 0 Å². The monoisotopic (exact) mass is 825 g/mol. The van der Waals surface area contributed by atoms with Gasteiger partial charge in [0.15, 0.2) is 0 Å². The Kier molecular flexibility index (Phi) is 12.3. The fraction of sp³-hybridized carbons (Fsp3) is 0.486. The topological polar surface area (TPSA) is 150 Å². The van der Waals surface area contributed by atoms with Crippen molar-refractivity contribution in [3.8, 4) is 11.8 Å². The highest BCUT2D eigenvalue weighted by Crippen LogP contribution is 2.44. The Morgan fingerprint density at radius 2 is 1.82 bits per heavy atom. The highest BCUT2D eigenvalue weighted by atomic mass is 32.2. The molecule has 0 radical (unpaired) electrons. The summed E-state index contributed by atoms with van der Waals surface area (Å²) >= 11 is 0.338. The smallest absolute Gasteiger partial charge is 0.425 e. The lowest BCUT2D eigenvalue weighted by molar-refractivity contribution is -0.160. The van der Waals surface area contributed by atoms with E-state index >= 15 is 0 Å². The van der Waals surface area contributed by atoms with E-state index in [1.165, 1.54) is 11.0 Å². The Hall–Kier alpha value is -4.88. The molecule has 11 nitrogen and oxygen atoms in total. The van der Waals surface area contributed by atoms with E-state index < -0.39 is 73.2 Å². The van der Waals surface area contributed by atoms with Gasteiger partial charge in [0.25, 0.3) is 11.8 Å². The summed E-state index contributed by atoms with van der Waals surface area (Å²) < 4.78 is 115. The number of halogens is 6. The van der Waals surface area contributed by atoms with Crippen molar-refractivity contribution >= 4 is 39.1 Å². The first-order valence-electron chi connectivity index (χ1n) is 17.5. The number of pyridine rings is 1. The van der Waals surface area contributed by atoms with Crippen molar-refractivity contribution in [2.24, 2.45) is 0 Å². The highest BCUT2D eigenvalue weighted by Gasteiger charge is 2.57. The van der Waals surface area contributed by atoms with Gasteiger partial charge in [0.05, 0.1) is 34.9 Å². The highest BCUT2D eigenvalue weighted by molar-refractivity contribution is 7.89. The standard InChI is InChI=1S/C37H37F6N5O6S2/c1-3-7-29-35(54-25-20-30(55-22-25)37(41,42)43,13-6-17-48(29)32(50)26-21-45-16-12-28(26)36(38,39)40)33(51)47-18-14-34(23-44,15-19-47)27-9-5-4-8-24(27)10-11-31(49)46-56(2,52)53/h4,8,12,16,20-22,29H,3,6-7,10-11,13-15,17-19H2,1-2H3,(H,46,49). The van der Waals surface area contributed by atoms with E-state index in [4.69, 9.17) is 4.74 Å². The first-order valence-corrected chi connectivity index (χ1v) is 20.3. The van der Waals surface area contributed by atoms with Crippen LogP contribution in [0.1, 0.15) is 83.8 Å². The number of ether oxygens (including phenoxy) is 1. The minimum atomic E-state index is -4.92. The van der Waals surface area contributed by atoms with Crippen molar-refractivity contribution in [3.63, 3.8) is 0 Å². The van der Waals surface area contributed by atoms with E-state index in [1.54, 1.807) is 13.0 Å². The first kappa shape index (κ1) is 42.3. The number of thiophene rings is 1. The van der Waals surface area contributed by atoms with Crippen molar-refractivity contribution in [3.05, 3.63) is 81.3 Å². The van der Waals surface area contributed by atoms with Crippen LogP contribution in [-0.4, -0.2) is 78.5 Å². The molecule has 0 spiro atoms. The van der Waals surface area contributed by atoms with Gasteiger partial charge in [-0.2, -0.15) is 31.6 Å². The number of amides is 3. The van der Waals surface area contributed by atoms with Crippen molar-refractivity contribution in [1.82, 2.24) is 19.5 Å². The summed E-state index contributed by atoms with van der Waals surface area (Å²) in [5, 5.41) is 11.6. The number of sulfonamides is 1. The number of nitrogens with zero attached hydrogens (tertiary/aromatic N) is 4. The minimum absolute atomic E-state index is 0.0323. The van der Waals surface area contributed by atoms with Crippen LogP contribution in [-0.2, 0) is 43.8 Å². The average molecular weight is 826 g/mol. The van der Waals surface area contributed by atoms with Gasteiger partial charge in [-0.3, -0.25) is 24.1 Å². The Balaban J connectivity index is 1.50. The zero-order chi connectivity index (χ0) is 41.1. The molecule has 0 saturated carbocycles. The lowest BCUT2D eigenvalue weighted by Crippen LogP contribution is -2.68. The van der Waals surface area contributed by atoms with Gasteiger partial charge < -0.3 is 14.5 Å². The second kappa shape index (κ2) is 16.3. The van der Waals surface area contributed by atoms with Crippen molar-refractivity contribution in [2.45, 2.75) is 87.7 Å². The number of aryl methyl sites for hydroxylation is 1. The molecular weight excluding hydrogens is 789 g/mol. The molecule has 2 unspecified atom stereocenters. The van der Waals surface area contributed by atoms with Crippen molar-refractivity contribution in [2.75, 3.05) is 25.9 Å². The molecule has 2 aromatic heterocycles. The summed E-state index contributed by atoms with van der Waals surface area (Å²) in [5.41, 5.74) is -4.34. The van der Waals surface area contributed by atoms with E-state index in [0.29, 0.717) is 35.0 Å². The van der Waals surface area contributed by atoms with Crippen LogP contribution in [0, 0.1) is 23.5 Å². The summed E-state index contributed by atoms with van der Waals surface area (Å²) in [4.78, 5) is 46.5. The maximum atomic E-state index is 15.0. The molecule has 2 atom stereocenters. The van der Waals surface area contributed by atoms with Crippen molar-refractivity contribution in [1.29, 1.82) is 5.26 Å². The number of nitrogens with one attached hydrogen (secondary N) is 1. The van der Waals surface area contributed by atoms with E-state index in [2.05, 4.69) is 23.2 Å².